The fourth-order valence-corrected chi connectivity index (χ4v) is 2.57. The molecule has 0 spiro atoms. The van der Waals surface area contributed by atoms with Crippen LogP contribution in [0.5, 0.6) is 0 Å². The van der Waals surface area contributed by atoms with Crippen molar-refractivity contribution >= 4 is 5.69 Å². The molecular formula is C14H21NO. The number of rotatable bonds is 3. The van der Waals surface area contributed by atoms with Crippen molar-refractivity contribution in [3.8, 4) is 0 Å². The number of aliphatic hydroxyl groups excluding tert-OH is 1. The maximum Gasteiger partial charge on any atom is 0.0453 e. The Morgan fingerprint density at radius 1 is 1.31 bits per heavy atom. The van der Waals surface area contributed by atoms with Crippen LogP contribution in [0.25, 0.3) is 0 Å². The minimum atomic E-state index is 0.0469. The largest absolute Gasteiger partial charge is 0.396 e. The third-order valence-electron chi connectivity index (χ3n) is 3.56. The SMILES string of the molecule is CC(C)(CCO)N1CCCc2ccccc21. The number of hydrogen-bond acceptors (Lipinski definition) is 2. The monoisotopic (exact) mass is 219 g/mol. The lowest BCUT2D eigenvalue weighted by molar-refractivity contribution is 0.246. The van der Waals surface area contributed by atoms with Crippen LogP contribution >= 0.6 is 0 Å². The highest BCUT2D eigenvalue weighted by molar-refractivity contribution is 5.57. The van der Waals surface area contributed by atoms with Crippen molar-refractivity contribution in [2.45, 2.75) is 38.6 Å². The molecule has 1 heterocycles. The lowest BCUT2D eigenvalue weighted by Gasteiger charge is -2.43. The maximum absolute atomic E-state index is 9.15. The molecule has 1 aromatic carbocycles. The molecule has 0 saturated heterocycles. The Labute approximate surface area is 97.9 Å². The first-order chi connectivity index (χ1) is 7.65. The van der Waals surface area contributed by atoms with E-state index in [4.69, 9.17) is 5.11 Å². The molecule has 1 aromatic rings. The van der Waals surface area contributed by atoms with Crippen molar-refractivity contribution in [3.63, 3.8) is 0 Å². The third kappa shape index (κ3) is 2.07. The number of aryl methyl sites for hydroxylation is 1. The van der Waals surface area contributed by atoms with E-state index in [2.05, 4.69) is 43.0 Å². The Hall–Kier alpha value is -1.02. The van der Waals surface area contributed by atoms with E-state index in [1.807, 2.05) is 0 Å². The predicted octanol–water partition coefficient (Wildman–Crippen LogP) is 2.60. The van der Waals surface area contributed by atoms with Gasteiger partial charge in [0.2, 0.25) is 0 Å². The standard InChI is InChI=1S/C14H21NO/c1-14(2,9-11-16)15-10-5-7-12-6-3-4-8-13(12)15/h3-4,6,8,16H,5,7,9-11H2,1-2H3. The van der Waals surface area contributed by atoms with Crippen LogP contribution in [-0.4, -0.2) is 23.8 Å². The molecule has 2 nitrogen and oxygen atoms in total. The van der Waals surface area contributed by atoms with E-state index >= 15 is 0 Å². The lowest BCUT2D eigenvalue weighted by atomic mass is 9.92. The van der Waals surface area contributed by atoms with E-state index in [0.717, 1.165) is 13.0 Å². The summed E-state index contributed by atoms with van der Waals surface area (Å²) in [4.78, 5) is 2.45. The van der Waals surface area contributed by atoms with Gasteiger partial charge in [-0.25, -0.2) is 0 Å². The Kier molecular flexibility index (Phi) is 3.20. The number of benzene rings is 1. The number of fused-ring (bicyclic) bond motifs is 1. The molecule has 0 fully saturated rings. The number of aliphatic hydroxyl groups is 1. The molecule has 0 amide bonds. The summed E-state index contributed by atoms with van der Waals surface area (Å²) < 4.78 is 0. The number of anilines is 1. The zero-order chi connectivity index (χ0) is 11.6. The summed E-state index contributed by atoms with van der Waals surface area (Å²) >= 11 is 0. The van der Waals surface area contributed by atoms with Crippen molar-refractivity contribution in [1.29, 1.82) is 0 Å². The van der Waals surface area contributed by atoms with Gasteiger partial charge in [-0.3, -0.25) is 0 Å². The molecule has 0 saturated carbocycles. The van der Waals surface area contributed by atoms with Crippen LogP contribution in [0, 0.1) is 0 Å². The van der Waals surface area contributed by atoms with Gasteiger partial charge in [0, 0.05) is 24.4 Å². The molecule has 2 heteroatoms. The lowest BCUT2D eigenvalue weighted by Crippen LogP contribution is -2.47. The minimum absolute atomic E-state index is 0.0469. The van der Waals surface area contributed by atoms with Gasteiger partial charge < -0.3 is 10.0 Å². The van der Waals surface area contributed by atoms with Crippen LogP contribution in [0.4, 0.5) is 5.69 Å². The fraction of sp³-hybridized carbons (Fsp3) is 0.571. The number of nitrogens with zero attached hydrogens (tertiary/aromatic N) is 1. The molecule has 0 aromatic heterocycles. The van der Waals surface area contributed by atoms with Gasteiger partial charge in [0.25, 0.3) is 0 Å². The molecule has 16 heavy (non-hydrogen) atoms. The average molecular weight is 219 g/mol. The van der Waals surface area contributed by atoms with E-state index in [1.54, 1.807) is 0 Å². The number of para-hydroxylation sites is 1. The van der Waals surface area contributed by atoms with E-state index in [0.29, 0.717) is 0 Å². The van der Waals surface area contributed by atoms with E-state index in [1.165, 1.54) is 24.1 Å². The van der Waals surface area contributed by atoms with Gasteiger partial charge >= 0.3 is 0 Å². The molecule has 0 atom stereocenters. The molecule has 0 aliphatic carbocycles. The number of hydrogen-bond donors (Lipinski definition) is 1. The first-order valence-corrected chi connectivity index (χ1v) is 6.11. The van der Waals surface area contributed by atoms with Gasteiger partial charge in [-0.05, 0) is 44.7 Å². The maximum atomic E-state index is 9.15. The molecule has 0 radical (unpaired) electrons. The van der Waals surface area contributed by atoms with Crippen molar-refractivity contribution < 1.29 is 5.11 Å². The van der Waals surface area contributed by atoms with Crippen LogP contribution in [0.1, 0.15) is 32.3 Å². The molecule has 2 rings (SSSR count). The van der Waals surface area contributed by atoms with Crippen molar-refractivity contribution in [2.24, 2.45) is 0 Å². The predicted molar refractivity (Wildman–Crippen MR) is 67.9 cm³/mol. The smallest absolute Gasteiger partial charge is 0.0453 e. The Morgan fingerprint density at radius 2 is 2.06 bits per heavy atom. The first-order valence-electron chi connectivity index (χ1n) is 6.11. The summed E-state index contributed by atoms with van der Waals surface area (Å²) in [5.74, 6) is 0. The molecule has 1 aliphatic heterocycles. The highest BCUT2D eigenvalue weighted by Gasteiger charge is 2.29. The Bertz CT molecular complexity index is 360. The van der Waals surface area contributed by atoms with E-state index < -0.39 is 0 Å². The average Bonchev–Trinajstić information content (AvgIpc) is 2.28. The quantitative estimate of drug-likeness (QED) is 0.844. The molecule has 0 unspecified atom stereocenters. The summed E-state index contributed by atoms with van der Waals surface area (Å²) in [5, 5.41) is 9.15. The second kappa shape index (κ2) is 4.46. The fourth-order valence-electron chi connectivity index (χ4n) is 2.57. The summed E-state index contributed by atoms with van der Waals surface area (Å²) in [7, 11) is 0. The topological polar surface area (TPSA) is 23.5 Å². The minimum Gasteiger partial charge on any atom is -0.396 e. The normalized spacial score (nSPS) is 16.1. The van der Waals surface area contributed by atoms with E-state index in [-0.39, 0.29) is 12.1 Å². The first kappa shape index (κ1) is 11.5. The second-order valence-corrected chi connectivity index (χ2v) is 5.17. The molecule has 1 aliphatic rings. The zero-order valence-corrected chi connectivity index (χ0v) is 10.2. The van der Waals surface area contributed by atoms with Gasteiger partial charge in [-0.15, -0.1) is 0 Å². The molecule has 1 N–H and O–H groups in total. The summed E-state index contributed by atoms with van der Waals surface area (Å²) in [6, 6.07) is 8.64. The Balaban J connectivity index is 2.31. The van der Waals surface area contributed by atoms with Gasteiger partial charge in [0.1, 0.15) is 0 Å². The summed E-state index contributed by atoms with van der Waals surface area (Å²) in [6.07, 6.45) is 3.22. The van der Waals surface area contributed by atoms with Gasteiger partial charge in [-0.2, -0.15) is 0 Å². The summed E-state index contributed by atoms with van der Waals surface area (Å²) in [5.41, 5.74) is 2.85. The van der Waals surface area contributed by atoms with Crippen LogP contribution < -0.4 is 4.90 Å². The van der Waals surface area contributed by atoms with Crippen LogP contribution in [-0.2, 0) is 6.42 Å². The zero-order valence-electron chi connectivity index (χ0n) is 10.2. The van der Waals surface area contributed by atoms with Gasteiger partial charge in [-0.1, -0.05) is 18.2 Å². The summed E-state index contributed by atoms with van der Waals surface area (Å²) in [6.45, 7) is 5.78. The van der Waals surface area contributed by atoms with Gasteiger partial charge in [0.05, 0.1) is 0 Å². The highest BCUT2D eigenvalue weighted by Crippen LogP contribution is 2.33. The van der Waals surface area contributed by atoms with E-state index in [9.17, 15) is 0 Å². The third-order valence-corrected chi connectivity index (χ3v) is 3.56. The van der Waals surface area contributed by atoms with Crippen LogP contribution in [0.15, 0.2) is 24.3 Å². The molecular weight excluding hydrogens is 198 g/mol. The van der Waals surface area contributed by atoms with Crippen molar-refractivity contribution in [3.05, 3.63) is 29.8 Å². The molecule has 88 valence electrons. The van der Waals surface area contributed by atoms with Crippen molar-refractivity contribution in [2.75, 3.05) is 18.1 Å². The van der Waals surface area contributed by atoms with Crippen LogP contribution in [0.2, 0.25) is 0 Å². The molecule has 0 bridgehead atoms. The highest BCUT2D eigenvalue weighted by atomic mass is 16.3. The van der Waals surface area contributed by atoms with Gasteiger partial charge in [0.15, 0.2) is 0 Å². The Morgan fingerprint density at radius 3 is 2.81 bits per heavy atom. The van der Waals surface area contributed by atoms with Crippen molar-refractivity contribution in [1.82, 2.24) is 0 Å². The second-order valence-electron chi connectivity index (χ2n) is 5.17. The van der Waals surface area contributed by atoms with Crippen LogP contribution in [0.3, 0.4) is 0 Å².